The van der Waals surface area contributed by atoms with Gasteiger partial charge in [-0.2, -0.15) is 5.10 Å². The molecule has 1 aromatic carbocycles. The quantitative estimate of drug-likeness (QED) is 0.702. The Morgan fingerprint density at radius 3 is 2.91 bits per heavy atom. The fraction of sp³-hybridized carbons (Fsp3) is 0.412. The Bertz CT molecular complexity index is 778. The maximum absolute atomic E-state index is 10.3. The average Bonchev–Trinajstić information content (AvgIpc) is 3.19. The molecular weight excluding hydrogens is 292 g/mol. The van der Waals surface area contributed by atoms with Crippen LogP contribution in [0.4, 0.5) is 0 Å². The number of hydrogen-bond acceptors (Lipinski definition) is 4. The minimum Gasteiger partial charge on any atom is -0.490 e. The van der Waals surface area contributed by atoms with E-state index in [4.69, 9.17) is 4.74 Å². The summed E-state index contributed by atoms with van der Waals surface area (Å²) in [5.41, 5.74) is 1.02. The van der Waals surface area contributed by atoms with Gasteiger partial charge in [-0.05, 0) is 18.2 Å². The van der Waals surface area contributed by atoms with E-state index in [0.717, 1.165) is 41.1 Å². The number of aromatic nitrogens is 4. The van der Waals surface area contributed by atoms with Crippen LogP contribution in [-0.2, 0) is 19.4 Å². The van der Waals surface area contributed by atoms with Crippen LogP contribution < -0.4 is 4.74 Å². The number of nitrogens with zero attached hydrogens (tertiary/aromatic N) is 3. The fourth-order valence-electron chi connectivity index (χ4n) is 2.60. The molecule has 0 amide bonds. The van der Waals surface area contributed by atoms with Crippen molar-refractivity contribution in [3.8, 4) is 5.75 Å². The minimum atomic E-state index is -0.638. The summed E-state index contributed by atoms with van der Waals surface area (Å²) >= 11 is 0. The SMILES string of the molecule is CCc1nc(CC)n(CC(O)COc2cccc3[nH]ccc23)n1. The van der Waals surface area contributed by atoms with Crippen LogP contribution in [0, 0.1) is 0 Å². The highest BCUT2D eigenvalue weighted by Crippen LogP contribution is 2.24. The molecular formula is C17H22N4O2. The number of aryl methyl sites for hydroxylation is 2. The number of nitrogens with one attached hydrogen (secondary N) is 1. The number of hydrogen-bond donors (Lipinski definition) is 2. The molecule has 0 bridgehead atoms. The summed E-state index contributed by atoms with van der Waals surface area (Å²) in [7, 11) is 0. The van der Waals surface area contributed by atoms with E-state index < -0.39 is 6.10 Å². The summed E-state index contributed by atoms with van der Waals surface area (Å²) in [5, 5.41) is 15.7. The van der Waals surface area contributed by atoms with E-state index in [1.165, 1.54) is 0 Å². The smallest absolute Gasteiger partial charge is 0.150 e. The number of aromatic amines is 1. The van der Waals surface area contributed by atoms with E-state index in [1.807, 2.05) is 44.3 Å². The zero-order valence-corrected chi connectivity index (χ0v) is 13.5. The topological polar surface area (TPSA) is 76.0 Å². The van der Waals surface area contributed by atoms with Crippen molar-refractivity contribution < 1.29 is 9.84 Å². The van der Waals surface area contributed by atoms with Gasteiger partial charge in [0.25, 0.3) is 0 Å². The third kappa shape index (κ3) is 3.37. The van der Waals surface area contributed by atoms with Gasteiger partial charge in [0.2, 0.25) is 0 Å². The van der Waals surface area contributed by atoms with Crippen LogP contribution in [0.1, 0.15) is 25.5 Å². The average molecular weight is 314 g/mol. The van der Waals surface area contributed by atoms with Gasteiger partial charge in [-0.3, -0.25) is 0 Å². The van der Waals surface area contributed by atoms with Crippen LogP contribution in [-0.4, -0.2) is 37.6 Å². The Kier molecular flexibility index (Phi) is 4.62. The first-order chi connectivity index (χ1) is 11.2. The highest BCUT2D eigenvalue weighted by atomic mass is 16.5. The van der Waals surface area contributed by atoms with E-state index >= 15 is 0 Å². The number of H-pyrrole nitrogens is 1. The molecule has 3 rings (SSSR count). The Balaban J connectivity index is 1.64. The van der Waals surface area contributed by atoms with Crippen molar-refractivity contribution >= 4 is 10.9 Å². The molecule has 3 aromatic rings. The van der Waals surface area contributed by atoms with E-state index in [0.29, 0.717) is 6.54 Å². The van der Waals surface area contributed by atoms with Crippen LogP contribution in [0.3, 0.4) is 0 Å². The molecule has 0 aliphatic heterocycles. The number of aliphatic hydroxyl groups excluding tert-OH is 1. The molecule has 0 saturated carbocycles. The second-order valence-corrected chi connectivity index (χ2v) is 5.49. The van der Waals surface area contributed by atoms with E-state index in [9.17, 15) is 5.11 Å². The number of fused-ring (bicyclic) bond motifs is 1. The number of aliphatic hydroxyl groups is 1. The molecule has 0 aliphatic carbocycles. The predicted octanol–water partition coefficient (Wildman–Crippen LogP) is 2.32. The first kappa shape index (κ1) is 15.6. The fourth-order valence-corrected chi connectivity index (χ4v) is 2.60. The van der Waals surface area contributed by atoms with Crippen LogP contribution in [0.15, 0.2) is 30.5 Å². The standard InChI is InChI=1S/C17H22N4O2/c1-3-16-19-17(4-2)21(20-16)10-12(22)11-23-15-7-5-6-14-13(15)8-9-18-14/h5-9,12,18,22H,3-4,10-11H2,1-2H3. The Hall–Kier alpha value is -2.34. The lowest BCUT2D eigenvalue weighted by molar-refractivity contribution is 0.0891. The van der Waals surface area contributed by atoms with Crippen LogP contribution in [0.25, 0.3) is 10.9 Å². The van der Waals surface area contributed by atoms with Crippen LogP contribution >= 0.6 is 0 Å². The summed E-state index contributed by atoms with van der Waals surface area (Å²) in [6.07, 6.45) is 2.83. The third-order valence-electron chi connectivity index (χ3n) is 3.79. The molecule has 122 valence electrons. The van der Waals surface area contributed by atoms with Crippen molar-refractivity contribution in [1.82, 2.24) is 19.7 Å². The van der Waals surface area contributed by atoms with E-state index in [-0.39, 0.29) is 6.61 Å². The molecule has 6 heteroatoms. The summed E-state index contributed by atoms with van der Waals surface area (Å²) < 4.78 is 7.57. The molecule has 0 saturated heterocycles. The minimum absolute atomic E-state index is 0.217. The van der Waals surface area contributed by atoms with Crippen LogP contribution in [0.2, 0.25) is 0 Å². The van der Waals surface area contributed by atoms with Gasteiger partial charge in [-0.25, -0.2) is 9.67 Å². The maximum Gasteiger partial charge on any atom is 0.150 e. The maximum atomic E-state index is 10.3. The molecule has 0 radical (unpaired) electrons. The van der Waals surface area contributed by atoms with Crippen molar-refractivity contribution in [1.29, 1.82) is 0 Å². The predicted molar refractivity (Wildman–Crippen MR) is 88.6 cm³/mol. The van der Waals surface area contributed by atoms with Crippen molar-refractivity contribution in [2.24, 2.45) is 0 Å². The monoisotopic (exact) mass is 314 g/mol. The summed E-state index contributed by atoms with van der Waals surface area (Å²) in [5.74, 6) is 2.48. The first-order valence-corrected chi connectivity index (χ1v) is 8.00. The van der Waals surface area contributed by atoms with Crippen molar-refractivity contribution in [3.05, 3.63) is 42.1 Å². The molecule has 2 aromatic heterocycles. The van der Waals surface area contributed by atoms with Crippen LogP contribution in [0.5, 0.6) is 5.75 Å². The molecule has 1 unspecified atom stereocenters. The Morgan fingerprint density at radius 1 is 1.26 bits per heavy atom. The van der Waals surface area contributed by atoms with Gasteiger partial charge in [0, 0.05) is 29.9 Å². The lowest BCUT2D eigenvalue weighted by Gasteiger charge is -2.14. The van der Waals surface area contributed by atoms with Gasteiger partial charge in [-0.1, -0.05) is 19.9 Å². The number of ether oxygens (including phenoxy) is 1. The highest BCUT2D eigenvalue weighted by molar-refractivity contribution is 5.85. The molecule has 0 aliphatic rings. The van der Waals surface area contributed by atoms with E-state index in [2.05, 4.69) is 15.1 Å². The Labute approximate surface area is 135 Å². The highest BCUT2D eigenvalue weighted by Gasteiger charge is 2.13. The first-order valence-electron chi connectivity index (χ1n) is 8.00. The second kappa shape index (κ2) is 6.83. The molecule has 2 heterocycles. The molecule has 23 heavy (non-hydrogen) atoms. The summed E-state index contributed by atoms with van der Waals surface area (Å²) in [6, 6.07) is 7.80. The molecule has 0 spiro atoms. The molecule has 1 atom stereocenters. The van der Waals surface area contributed by atoms with Gasteiger partial charge in [0.1, 0.15) is 24.3 Å². The lowest BCUT2D eigenvalue weighted by Crippen LogP contribution is -2.25. The second-order valence-electron chi connectivity index (χ2n) is 5.49. The molecule has 2 N–H and O–H groups in total. The Morgan fingerprint density at radius 2 is 2.13 bits per heavy atom. The van der Waals surface area contributed by atoms with Gasteiger partial charge in [0.15, 0.2) is 5.82 Å². The van der Waals surface area contributed by atoms with Gasteiger partial charge < -0.3 is 14.8 Å². The largest absolute Gasteiger partial charge is 0.490 e. The summed E-state index contributed by atoms with van der Waals surface area (Å²) in [6.45, 7) is 4.67. The van der Waals surface area contributed by atoms with Crippen molar-refractivity contribution in [2.45, 2.75) is 39.3 Å². The zero-order valence-electron chi connectivity index (χ0n) is 13.5. The van der Waals surface area contributed by atoms with Gasteiger partial charge in [-0.15, -0.1) is 0 Å². The molecule has 6 nitrogen and oxygen atoms in total. The molecule has 0 fully saturated rings. The lowest BCUT2D eigenvalue weighted by atomic mass is 10.2. The van der Waals surface area contributed by atoms with Gasteiger partial charge >= 0.3 is 0 Å². The van der Waals surface area contributed by atoms with E-state index in [1.54, 1.807) is 4.68 Å². The van der Waals surface area contributed by atoms with Crippen molar-refractivity contribution in [2.75, 3.05) is 6.61 Å². The van der Waals surface area contributed by atoms with Crippen molar-refractivity contribution in [3.63, 3.8) is 0 Å². The summed E-state index contributed by atoms with van der Waals surface area (Å²) in [4.78, 5) is 7.60. The normalized spacial score (nSPS) is 12.7. The number of rotatable bonds is 7. The number of benzene rings is 1. The zero-order chi connectivity index (χ0) is 16.2. The van der Waals surface area contributed by atoms with Gasteiger partial charge in [0.05, 0.1) is 6.54 Å². The third-order valence-corrected chi connectivity index (χ3v) is 3.79.